The Morgan fingerprint density at radius 3 is 2.58 bits per heavy atom. The minimum Gasteiger partial charge on any atom is -0.493 e. The zero-order chi connectivity index (χ0) is 31.8. The number of carbonyl (C=O) groups is 1. The van der Waals surface area contributed by atoms with Gasteiger partial charge in [-0.15, -0.1) is 0 Å². The Bertz CT molecular complexity index is 2060. The Balaban J connectivity index is 1.28. The summed E-state index contributed by atoms with van der Waals surface area (Å²) >= 11 is 12.3. The van der Waals surface area contributed by atoms with E-state index in [2.05, 4.69) is 6.07 Å². The second-order valence-corrected chi connectivity index (χ2v) is 11.3. The SMILES string of the molecule is COc1cc(C2C(C#N)=C(N)Oc3cc(OC(=O)c4oc5cc(C)ccc5c4C)ccc32)ccc1OCc1ccc(Cl)cc1Cl. The molecule has 0 aliphatic carbocycles. The highest BCUT2D eigenvalue weighted by atomic mass is 35.5. The van der Waals surface area contributed by atoms with Crippen molar-refractivity contribution in [3.8, 4) is 29.1 Å². The molecule has 4 aromatic carbocycles. The van der Waals surface area contributed by atoms with E-state index in [0.29, 0.717) is 49.6 Å². The van der Waals surface area contributed by atoms with Gasteiger partial charge < -0.3 is 29.1 Å². The summed E-state index contributed by atoms with van der Waals surface area (Å²) < 4.78 is 29.0. The molecule has 0 radical (unpaired) electrons. The largest absolute Gasteiger partial charge is 0.493 e. The number of nitriles is 1. The third-order valence-corrected chi connectivity index (χ3v) is 8.19. The van der Waals surface area contributed by atoms with Crippen LogP contribution in [0.1, 0.15) is 44.3 Å². The molecule has 0 fully saturated rings. The predicted octanol–water partition coefficient (Wildman–Crippen LogP) is 8.38. The number of hydrogen-bond donors (Lipinski definition) is 1. The highest BCUT2D eigenvalue weighted by Crippen LogP contribution is 2.45. The van der Waals surface area contributed by atoms with Crippen molar-refractivity contribution in [2.45, 2.75) is 26.4 Å². The van der Waals surface area contributed by atoms with E-state index in [0.717, 1.165) is 16.5 Å². The monoisotopic (exact) mass is 640 g/mol. The smallest absolute Gasteiger partial charge is 0.379 e. The average molecular weight is 642 g/mol. The van der Waals surface area contributed by atoms with Crippen molar-refractivity contribution in [1.82, 2.24) is 0 Å². The number of benzene rings is 4. The molecule has 1 unspecified atom stereocenters. The van der Waals surface area contributed by atoms with Crippen molar-refractivity contribution >= 4 is 40.1 Å². The molecule has 1 aliphatic rings. The van der Waals surface area contributed by atoms with E-state index in [1.165, 1.54) is 7.11 Å². The minimum absolute atomic E-state index is 0.0568. The van der Waals surface area contributed by atoms with Crippen LogP contribution in [0, 0.1) is 25.2 Å². The topological polar surface area (TPSA) is 117 Å². The van der Waals surface area contributed by atoms with E-state index in [4.69, 9.17) is 52.3 Å². The highest BCUT2D eigenvalue weighted by Gasteiger charge is 2.32. The average Bonchev–Trinajstić information content (AvgIpc) is 3.35. The maximum Gasteiger partial charge on any atom is 0.379 e. The molecule has 1 aliphatic heterocycles. The summed E-state index contributed by atoms with van der Waals surface area (Å²) in [6.07, 6.45) is 0. The van der Waals surface area contributed by atoms with Crippen LogP contribution < -0.4 is 24.7 Å². The van der Waals surface area contributed by atoms with E-state index in [-0.39, 0.29) is 29.6 Å². The molecular formula is C35H26Cl2N2O6. The van der Waals surface area contributed by atoms with Gasteiger partial charge in [0.15, 0.2) is 11.5 Å². The van der Waals surface area contributed by atoms with E-state index in [9.17, 15) is 10.1 Å². The number of halogens is 2. The van der Waals surface area contributed by atoms with Crippen molar-refractivity contribution < 1.29 is 28.2 Å². The van der Waals surface area contributed by atoms with Gasteiger partial charge in [-0.05, 0) is 61.4 Å². The van der Waals surface area contributed by atoms with Crippen LogP contribution in [-0.4, -0.2) is 13.1 Å². The van der Waals surface area contributed by atoms with Gasteiger partial charge in [0.1, 0.15) is 35.3 Å². The molecule has 226 valence electrons. The van der Waals surface area contributed by atoms with Gasteiger partial charge >= 0.3 is 5.97 Å². The third kappa shape index (κ3) is 5.76. The fourth-order valence-electron chi connectivity index (χ4n) is 5.30. The lowest BCUT2D eigenvalue weighted by atomic mass is 9.83. The number of methoxy groups -OCH3 is 1. The van der Waals surface area contributed by atoms with Crippen molar-refractivity contribution in [2.24, 2.45) is 5.73 Å². The summed E-state index contributed by atoms with van der Waals surface area (Å²) in [5.41, 5.74) is 10.9. The van der Waals surface area contributed by atoms with Gasteiger partial charge in [-0.3, -0.25) is 0 Å². The predicted molar refractivity (Wildman–Crippen MR) is 170 cm³/mol. The number of furan rings is 1. The zero-order valence-electron chi connectivity index (χ0n) is 24.4. The number of allylic oxidation sites excluding steroid dienone is 1. The summed E-state index contributed by atoms with van der Waals surface area (Å²) in [5, 5.41) is 11.9. The fourth-order valence-corrected chi connectivity index (χ4v) is 5.76. The van der Waals surface area contributed by atoms with Crippen LogP contribution >= 0.6 is 23.2 Å². The standard InChI is InChI=1S/C35H26Cl2N2O6/c1-18-4-9-24-19(2)33(44-29(24)12-18)35(40)43-23-8-10-25-30(15-23)45-34(39)26(16-38)32(25)20-6-11-28(31(13-20)41-3)42-17-21-5-7-22(36)14-27(21)37/h4-15,32H,17,39H2,1-3H3. The quantitative estimate of drug-likeness (QED) is 0.139. The first-order valence-electron chi connectivity index (χ1n) is 13.8. The summed E-state index contributed by atoms with van der Waals surface area (Å²) in [6.45, 7) is 3.95. The van der Waals surface area contributed by atoms with Gasteiger partial charge in [-0.2, -0.15) is 5.26 Å². The van der Waals surface area contributed by atoms with Crippen molar-refractivity contribution in [2.75, 3.05) is 7.11 Å². The molecule has 6 rings (SSSR count). The highest BCUT2D eigenvalue weighted by molar-refractivity contribution is 6.35. The summed E-state index contributed by atoms with van der Waals surface area (Å²) in [5.74, 6) is 0.328. The number of ether oxygens (including phenoxy) is 4. The molecule has 10 heteroatoms. The van der Waals surface area contributed by atoms with Crippen molar-refractivity contribution in [1.29, 1.82) is 5.26 Å². The van der Waals surface area contributed by atoms with Gasteiger partial charge in [0.25, 0.3) is 0 Å². The molecule has 0 saturated carbocycles. The van der Waals surface area contributed by atoms with Crippen LogP contribution in [0.25, 0.3) is 11.0 Å². The Morgan fingerprint density at radius 2 is 1.82 bits per heavy atom. The van der Waals surface area contributed by atoms with Gasteiger partial charge in [0, 0.05) is 38.2 Å². The second-order valence-electron chi connectivity index (χ2n) is 10.5. The Morgan fingerprint density at radius 1 is 1.00 bits per heavy atom. The molecule has 2 N–H and O–H groups in total. The second kappa shape index (κ2) is 12.1. The molecule has 0 spiro atoms. The van der Waals surface area contributed by atoms with Crippen LogP contribution in [0.4, 0.5) is 0 Å². The van der Waals surface area contributed by atoms with E-state index >= 15 is 0 Å². The summed E-state index contributed by atoms with van der Waals surface area (Å²) in [6, 6.07) is 23.4. The first-order chi connectivity index (χ1) is 21.7. The van der Waals surface area contributed by atoms with Crippen molar-refractivity contribution in [3.05, 3.63) is 128 Å². The molecule has 1 aromatic heterocycles. The first kappa shape index (κ1) is 29.9. The maximum atomic E-state index is 13.1. The molecular weight excluding hydrogens is 615 g/mol. The Kier molecular flexibility index (Phi) is 8.07. The van der Waals surface area contributed by atoms with E-state index in [1.807, 2.05) is 38.1 Å². The first-order valence-corrected chi connectivity index (χ1v) is 14.6. The van der Waals surface area contributed by atoms with Crippen LogP contribution in [0.5, 0.6) is 23.0 Å². The lowest BCUT2D eigenvalue weighted by molar-refractivity contribution is 0.0702. The van der Waals surface area contributed by atoms with Crippen LogP contribution in [0.2, 0.25) is 10.0 Å². The minimum atomic E-state index is -0.643. The number of fused-ring (bicyclic) bond motifs is 2. The third-order valence-electron chi connectivity index (χ3n) is 7.60. The zero-order valence-corrected chi connectivity index (χ0v) is 26.0. The van der Waals surface area contributed by atoms with Crippen LogP contribution in [0.3, 0.4) is 0 Å². The number of carbonyl (C=O) groups excluding carboxylic acids is 1. The Labute approximate surface area is 269 Å². The number of hydrogen-bond acceptors (Lipinski definition) is 8. The Hall–Kier alpha value is -5.10. The lowest BCUT2D eigenvalue weighted by Gasteiger charge is -2.27. The molecule has 5 aromatic rings. The summed E-state index contributed by atoms with van der Waals surface area (Å²) in [4.78, 5) is 13.1. The number of nitrogens with two attached hydrogens (primary N) is 1. The molecule has 0 bridgehead atoms. The molecule has 0 saturated heterocycles. The molecule has 0 amide bonds. The fraction of sp³-hybridized carbons (Fsp3) is 0.143. The van der Waals surface area contributed by atoms with Gasteiger partial charge in [-0.25, -0.2) is 4.79 Å². The molecule has 1 atom stereocenters. The number of esters is 1. The number of aryl methyl sites for hydroxylation is 2. The van der Waals surface area contributed by atoms with Crippen LogP contribution in [0.15, 0.2) is 88.7 Å². The maximum absolute atomic E-state index is 13.1. The lowest BCUT2D eigenvalue weighted by Crippen LogP contribution is -2.21. The normalized spacial score (nSPS) is 14.0. The van der Waals surface area contributed by atoms with E-state index in [1.54, 1.807) is 48.5 Å². The number of rotatable bonds is 7. The van der Waals surface area contributed by atoms with Gasteiger partial charge in [0.2, 0.25) is 11.6 Å². The van der Waals surface area contributed by atoms with Crippen LogP contribution in [-0.2, 0) is 6.61 Å². The van der Waals surface area contributed by atoms with Crippen molar-refractivity contribution in [3.63, 3.8) is 0 Å². The molecule has 8 nitrogen and oxygen atoms in total. The number of nitrogens with zero attached hydrogens (tertiary/aromatic N) is 1. The van der Waals surface area contributed by atoms with Gasteiger partial charge in [-0.1, -0.05) is 53.5 Å². The molecule has 45 heavy (non-hydrogen) atoms. The van der Waals surface area contributed by atoms with Gasteiger partial charge in [0.05, 0.1) is 13.0 Å². The molecule has 2 heterocycles. The van der Waals surface area contributed by atoms with E-state index < -0.39 is 11.9 Å². The summed E-state index contributed by atoms with van der Waals surface area (Å²) in [7, 11) is 1.53.